The summed E-state index contributed by atoms with van der Waals surface area (Å²) in [6.07, 6.45) is 1.75. The van der Waals surface area contributed by atoms with Crippen LogP contribution in [0, 0.1) is 0 Å². The molecular weight excluding hydrogens is 192 g/mol. The number of aryl methyl sites for hydroxylation is 1. The molecule has 84 valence electrons. The van der Waals surface area contributed by atoms with Gasteiger partial charge in [-0.15, -0.1) is 0 Å². The largest absolute Gasteiger partial charge is 0.348 e. The van der Waals surface area contributed by atoms with Gasteiger partial charge in [0.25, 0.3) is 0 Å². The number of carbonyl (C=O) groups excluding carboxylic acids is 1. The van der Waals surface area contributed by atoms with E-state index in [1.54, 1.807) is 29.9 Å². The topological polar surface area (TPSA) is 50.2 Å². The van der Waals surface area contributed by atoms with Crippen LogP contribution in [0.3, 0.4) is 0 Å². The van der Waals surface area contributed by atoms with Crippen molar-refractivity contribution in [3.05, 3.63) is 18.0 Å². The summed E-state index contributed by atoms with van der Waals surface area (Å²) in [4.78, 5) is 12.9. The highest BCUT2D eigenvalue weighted by Gasteiger charge is 2.11. The van der Waals surface area contributed by atoms with Gasteiger partial charge in [-0.3, -0.25) is 9.48 Å². The van der Waals surface area contributed by atoms with Gasteiger partial charge in [-0.25, -0.2) is 0 Å². The van der Waals surface area contributed by atoms with Crippen molar-refractivity contribution in [2.45, 2.75) is 13.0 Å². The highest BCUT2D eigenvalue weighted by atomic mass is 16.2. The van der Waals surface area contributed by atoms with Crippen LogP contribution in [0.5, 0.6) is 0 Å². The zero-order chi connectivity index (χ0) is 11.4. The van der Waals surface area contributed by atoms with E-state index >= 15 is 0 Å². The van der Waals surface area contributed by atoms with E-state index in [4.69, 9.17) is 0 Å². The molecule has 1 unspecified atom stereocenters. The summed E-state index contributed by atoms with van der Waals surface area (Å²) >= 11 is 0. The Morgan fingerprint density at radius 3 is 2.80 bits per heavy atom. The van der Waals surface area contributed by atoms with Gasteiger partial charge in [0.1, 0.15) is 0 Å². The summed E-state index contributed by atoms with van der Waals surface area (Å²) in [5, 5.41) is 7.24. The summed E-state index contributed by atoms with van der Waals surface area (Å²) in [7, 11) is 5.39. The van der Waals surface area contributed by atoms with Gasteiger partial charge in [0, 0.05) is 33.4 Å². The number of hydrogen-bond acceptors (Lipinski definition) is 3. The van der Waals surface area contributed by atoms with Gasteiger partial charge >= 0.3 is 0 Å². The van der Waals surface area contributed by atoms with E-state index in [-0.39, 0.29) is 11.9 Å². The first kappa shape index (κ1) is 11.7. The van der Waals surface area contributed by atoms with Crippen molar-refractivity contribution in [1.29, 1.82) is 0 Å². The minimum atomic E-state index is 0.0732. The molecule has 0 spiro atoms. The van der Waals surface area contributed by atoms with Gasteiger partial charge in [0.15, 0.2) is 0 Å². The molecule has 1 N–H and O–H groups in total. The number of likely N-dealkylation sites (N-methyl/N-ethyl adjacent to an activating group) is 1. The molecule has 0 aromatic carbocycles. The first-order chi connectivity index (χ1) is 7.02. The molecule has 5 nitrogen and oxygen atoms in total. The second-order valence-electron chi connectivity index (χ2n) is 3.77. The zero-order valence-electron chi connectivity index (χ0n) is 9.69. The number of carbonyl (C=O) groups is 1. The molecule has 0 aliphatic rings. The Morgan fingerprint density at radius 2 is 2.33 bits per heavy atom. The minimum Gasteiger partial charge on any atom is -0.348 e. The first-order valence-electron chi connectivity index (χ1n) is 4.93. The fraction of sp³-hybridized carbons (Fsp3) is 0.600. The Labute approximate surface area is 90.1 Å². The lowest BCUT2D eigenvalue weighted by Crippen LogP contribution is -2.34. The summed E-state index contributed by atoms with van der Waals surface area (Å²) in [5.74, 6) is 0.0732. The number of aromatic nitrogens is 2. The van der Waals surface area contributed by atoms with E-state index in [9.17, 15) is 4.79 Å². The average Bonchev–Trinajstić information content (AvgIpc) is 2.60. The maximum absolute atomic E-state index is 11.3. The van der Waals surface area contributed by atoms with Crippen molar-refractivity contribution in [2.75, 3.05) is 20.6 Å². The fourth-order valence-corrected chi connectivity index (χ4v) is 1.31. The van der Waals surface area contributed by atoms with Crippen LogP contribution in [0.25, 0.3) is 0 Å². The van der Waals surface area contributed by atoms with Crippen LogP contribution in [-0.2, 0) is 11.8 Å². The lowest BCUT2D eigenvalue weighted by molar-refractivity contribution is -0.127. The van der Waals surface area contributed by atoms with Gasteiger partial charge in [0.2, 0.25) is 5.91 Å². The fourth-order valence-electron chi connectivity index (χ4n) is 1.31. The van der Waals surface area contributed by atoms with Crippen LogP contribution < -0.4 is 5.32 Å². The molecule has 1 amide bonds. The zero-order valence-corrected chi connectivity index (χ0v) is 9.69. The number of amides is 1. The normalized spacial score (nSPS) is 12.5. The molecule has 1 atom stereocenters. The predicted molar refractivity (Wildman–Crippen MR) is 58.3 cm³/mol. The molecule has 1 aromatic rings. The SMILES string of the molecule is CC(NCC(=O)N(C)C)c1ccnn1C. The van der Waals surface area contributed by atoms with Crippen molar-refractivity contribution in [1.82, 2.24) is 20.0 Å². The molecule has 0 saturated carbocycles. The van der Waals surface area contributed by atoms with Crippen LogP contribution in [0.15, 0.2) is 12.3 Å². The van der Waals surface area contributed by atoms with E-state index in [2.05, 4.69) is 10.4 Å². The lowest BCUT2D eigenvalue weighted by Gasteiger charge is -2.16. The number of nitrogens with zero attached hydrogens (tertiary/aromatic N) is 3. The first-order valence-corrected chi connectivity index (χ1v) is 4.93. The smallest absolute Gasteiger partial charge is 0.236 e. The predicted octanol–water partition coefficient (Wildman–Crippen LogP) is 0.159. The molecule has 0 aliphatic heterocycles. The van der Waals surface area contributed by atoms with Crippen molar-refractivity contribution in [3.63, 3.8) is 0 Å². The standard InChI is InChI=1S/C10H18N4O/c1-8(9-5-6-12-14(9)4)11-7-10(15)13(2)3/h5-6,8,11H,7H2,1-4H3. The third-order valence-electron chi connectivity index (χ3n) is 2.36. The second kappa shape index (κ2) is 4.93. The second-order valence-corrected chi connectivity index (χ2v) is 3.77. The molecule has 1 rings (SSSR count). The van der Waals surface area contributed by atoms with E-state index in [0.29, 0.717) is 6.54 Å². The minimum absolute atomic E-state index is 0.0732. The molecule has 0 aliphatic carbocycles. The van der Waals surface area contributed by atoms with Crippen molar-refractivity contribution in [3.8, 4) is 0 Å². The maximum atomic E-state index is 11.3. The Bertz CT molecular complexity index is 332. The van der Waals surface area contributed by atoms with E-state index in [1.807, 2.05) is 20.0 Å². The van der Waals surface area contributed by atoms with E-state index in [0.717, 1.165) is 5.69 Å². The molecule has 15 heavy (non-hydrogen) atoms. The molecule has 5 heteroatoms. The van der Waals surface area contributed by atoms with Crippen LogP contribution in [0.1, 0.15) is 18.7 Å². The third-order valence-corrected chi connectivity index (χ3v) is 2.36. The van der Waals surface area contributed by atoms with Crippen molar-refractivity contribution in [2.24, 2.45) is 7.05 Å². The molecule has 1 heterocycles. The van der Waals surface area contributed by atoms with Gasteiger partial charge in [-0.2, -0.15) is 5.10 Å². The summed E-state index contributed by atoms with van der Waals surface area (Å²) in [6, 6.07) is 2.07. The van der Waals surface area contributed by atoms with Gasteiger partial charge in [-0.05, 0) is 13.0 Å². The Balaban J connectivity index is 2.47. The van der Waals surface area contributed by atoms with Crippen LogP contribution in [0.2, 0.25) is 0 Å². The monoisotopic (exact) mass is 210 g/mol. The summed E-state index contributed by atoms with van der Waals surface area (Å²) in [5.41, 5.74) is 1.07. The molecule has 0 bridgehead atoms. The lowest BCUT2D eigenvalue weighted by atomic mass is 10.2. The number of rotatable bonds is 4. The molecule has 0 fully saturated rings. The van der Waals surface area contributed by atoms with Gasteiger partial charge < -0.3 is 10.2 Å². The Morgan fingerprint density at radius 1 is 1.67 bits per heavy atom. The highest BCUT2D eigenvalue weighted by molar-refractivity contribution is 5.77. The molecule has 0 saturated heterocycles. The highest BCUT2D eigenvalue weighted by Crippen LogP contribution is 2.09. The van der Waals surface area contributed by atoms with Crippen LogP contribution >= 0.6 is 0 Å². The Hall–Kier alpha value is -1.36. The molecular formula is C10H18N4O. The average molecular weight is 210 g/mol. The van der Waals surface area contributed by atoms with Crippen LogP contribution in [-0.4, -0.2) is 41.2 Å². The van der Waals surface area contributed by atoms with Crippen molar-refractivity contribution < 1.29 is 4.79 Å². The van der Waals surface area contributed by atoms with E-state index < -0.39 is 0 Å². The summed E-state index contributed by atoms with van der Waals surface area (Å²) in [6.45, 7) is 2.36. The number of hydrogen-bond donors (Lipinski definition) is 1. The van der Waals surface area contributed by atoms with Crippen molar-refractivity contribution >= 4 is 5.91 Å². The maximum Gasteiger partial charge on any atom is 0.236 e. The number of nitrogens with one attached hydrogen (secondary N) is 1. The molecule has 1 aromatic heterocycles. The molecule has 0 radical (unpaired) electrons. The summed E-state index contributed by atoms with van der Waals surface area (Å²) < 4.78 is 1.80. The Kier molecular flexibility index (Phi) is 3.85. The quantitative estimate of drug-likeness (QED) is 0.770. The van der Waals surface area contributed by atoms with Gasteiger partial charge in [-0.1, -0.05) is 0 Å². The third kappa shape index (κ3) is 3.06. The van der Waals surface area contributed by atoms with Gasteiger partial charge in [0.05, 0.1) is 12.2 Å². The van der Waals surface area contributed by atoms with E-state index in [1.165, 1.54) is 0 Å². The van der Waals surface area contributed by atoms with Crippen LogP contribution in [0.4, 0.5) is 0 Å².